The number of carboxylic acids is 2. The van der Waals surface area contributed by atoms with Gasteiger partial charge in [0, 0.05) is 40.2 Å². The summed E-state index contributed by atoms with van der Waals surface area (Å²) in [5.41, 5.74) is 12.2. The quantitative estimate of drug-likeness (QED) is 0.218. The molecule has 1 spiro atoms. The summed E-state index contributed by atoms with van der Waals surface area (Å²) in [5, 5.41) is 23.0. The highest BCUT2D eigenvalue weighted by Gasteiger charge is 2.53. The molecule has 0 saturated carbocycles. The Morgan fingerprint density at radius 2 is 1.24 bits per heavy atom. The molecule has 0 aliphatic carbocycles. The minimum absolute atomic E-state index is 0.206. The van der Waals surface area contributed by atoms with Gasteiger partial charge in [-0.05, 0) is 30.3 Å². The first kappa shape index (κ1) is 27.3. The van der Waals surface area contributed by atoms with Gasteiger partial charge in [0.15, 0.2) is 5.60 Å². The second-order valence-corrected chi connectivity index (χ2v) is 9.53. The van der Waals surface area contributed by atoms with E-state index >= 15 is 0 Å². The van der Waals surface area contributed by atoms with Crippen LogP contribution < -0.4 is 26.8 Å². The van der Waals surface area contributed by atoms with Crippen LogP contribution in [0.2, 0.25) is 0 Å². The molecule has 3 aromatic rings. The molecule has 3 aromatic carbocycles. The molecule has 8 N–H and O–H groups in total. The van der Waals surface area contributed by atoms with Gasteiger partial charge in [0.2, 0.25) is 11.8 Å². The summed E-state index contributed by atoms with van der Waals surface area (Å²) >= 11 is 0. The maximum atomic E-state index is 13.0. The molecule has 0 fully saturated rings. The zero-order valence-electron chi connectivity index (χ0n) is 21.2. The number of carbonyl (C=O) groups is 5. The van der Waals surface area contributed by atoms with Crippen molar-refractivity contribution in [2.75, 3.05) is 10.6 Å². The molecule has 2 atom stereocenters. The average molecular weight is 561 g/mol. The Morgan fingerprint density at radius 1 is 0.756 bits per heavy atom. The van der Waals surface area contributed by atoms with Gasteiger partial charge in [0.1, 0.15) is 11.5 Å². The molecule has 2 amide bonds. The Labute approximate surface area is 232 Å². The van der Waals surface area contributed by atoms with Gasteiger partial charge in [-0.15, -0.1) is 0 Å². The summed E-state index contributed by atoms with van der Waals surface area (Å²) in [6, 6.07) is 13.6. The molecule has 0 aromatic heterocycles. The number of amides is 2. The van der Waals surface area contributed by atoms with Gasteiger partial charge in [0.25, 0.3) is 0 Å². The number of hydrogen-bond acceptors (Lipinski definition) is 9. The van der Waals surface area contributed by atoms with Crippen molar-refractivity contribution < 1.29 is 43.7 Å². The Bertz CT molecular complexity index is 1530. The lowest BCUT2D eigenvalue weighted by Crippen LogP contribution is -2.37. The van der Waals surface area contributed by atoms with Crippen LogP contribution in [0.4, 0.5) is 11.4 Å². The van der Waals surface area contributed by atoms with Crippen LogP contribution >= 0.6 is 0 Å². The standard InChI is InChI=1S/C28H24N4O9/c29-19(11-23(33)34)25(37)31-13-5-7-17-21(9-13)40-22-10-14(32-26(38)20(30)12-24(35)36)6-8-18(22)28(17)16-4-2-1-3-15(16)27(39)41-28/h1-10,19-20H,11-12,29-30H2,(H,31,37)(H,32,38)(H,33,34)(H,35,36)/t19-,20-/m0/s1. The van der Waals surface area contributed by atoms with Crippen LogP contribution in [0.3, 0.4) is 0 Å². The van der Waals surface area contributed by atoms with E-state index in [1.54, 1.807) is 48.5 Å². The molecule has 0 radical (unpaired) electrons. The van der Waals surface area contributed by atoms with Crippen LogP contribution in [-0.2, 0) is 29.5 Å². The summed E-state index contributed by atoms with van der Waals surface area (Å²) in [4.78, 5) is 59.8. The van der Waals surface area contributed by atoms with E-state index < -0.39 is 60.2 Å². The maximum absolute atomic E-state index is 13.0. The summed E-state index contributed by atoms with van der Waals surface area (Å²) in [6.07, 6.45) is -1.14. The van der Waals surface area contributed by atoms with Crippen LogP contribution in [0.5, 0.6) is 11.5 Å². The number of hydrogen-bond donors (Lipinski definition) is 6. The van der Waals surface area contributed by atoms with Crippen molar-refractivity contribution >= 4 is 41.1 Å². The van der Waals surface area contributed by atoms with Crippen molar-refractivity contribution in [3.63, 3.8) is 0 Å². The topological polar surface area (TPSA) is 220 Å². The van der Waals surface area contributed by atoms with Gasteiger partial charge < -0.3 is 41.8 Å². The van der Waals surface area contributed by atoms with Gasteiger partial charge in [-0.25, -0.2) is 4.79 Å². The number of nitrogens with two attached hydrogens (primary N) is 2. The molecule has 13 heteroatoms. The molecule has 0 unspecified atom stereocenters. The summed E-state index contributed by atoms with van der Waals surface area (Å²) in [6.45, 7) is 0. The van der Waals surface area contributed by atoms with Gasteiger partial charge in [-0.3, -0.25) is 19.2 Å². The minimum atomic E-state index is -1.43. The van der Waals surface area contributed by atoms with Crippen molar-refractivity contribution in [3.05, 3.63) is 82.9 Å². The number of benzene rings is 3. The van der Waals surface area contributed by atoms with Gasteiger partial charge in [-0.2, -0.15) is 0 Å². The molecule has 13 nitrogen and oxygen atoms in total. The highest BCUT2D eigenvalue weighted by Crippen LogP contribution is 2.56. The van der Waals surface area contributed by atoms with E-state index in [1.807, 2.05) is 0 Å². The fourth-order valence-corrected chi connectivity index (χ4v) is 4.86. The Kier molecular flexibility index (Phi) is 6.91. The lowest BCUT2D eigenvalue weighted by Gasteiger charge is -2.37. The first-order chi connectivity index (χ1) is 19.5. The van der Waals surface area contributed by atoms with E-state index in [4.69, 9.17) is 31.2 Å². The van der Waals surface area contributed by atoms with E-state index in [1.165, 1.54) is 12.1 Å². The van der Waals surface area contributed by atoms with Gasteiger partial charge in [0.05, 0.1) is 30.5 Å². The number of esters is 1. The third-order valence-corrected chi connectivity index (χ3v) is 6.71. The average Bonchev–Trinajstić information content (AvgIpc) is 3.20. The Hall–Kier alpha value is -5.27. The number of anilines is 2. The van der Waals surface area contributed by atoms with Crippen molar-refractivity contribution in [1.29, 1.82) is 0 Å². The number of rotatable bonds is 8. The summed E-state index contributed by atoms with van der Waals surface area (Å²) in [5.74, 6) is -4.05. The number of fused-ring (bicyclic) bond motifs is 6. The zero-order chi connectivity index (χ0) is 29.5. The second-order valence-electron chi connectivity index (χ2n) is 9.53. The first-order valence-corrected chi connectivity index (χ1v) is 12.4. The minimum Gasteiger partial charge on any atom is -0.481 e. The normalized spacial score (nSPS) is 15.3. The van der Waals surface area contributed by atoms with Gasteiger partial charge >= 0.3 is 17.9 Å². The smallest absolute Gasteiger partial charge is 0.340 e. The van der Waals surface area contributed by atoms with Crippen LogP contribution in [0.1, 0.15) is 39.9 Å². The molecule has 210 valence electrons. The largest absolute Gasteiger partial charge is 0.481 e. The highest BCUT2D eigenvalue weighted by atomic mass is 16.6. The lowest BCUT2D eigenvalue weighted by molar-refractivity contribution is -0.139. The van der Waals surface area contributed by atoms with Crippen LogP contribution in [0, 0.1) is 0 Å². The molecule has 5 rings (SSSR count). The van der Waals surface area contributed by atoms with Gasteiger partial charge in [-0.1, -0.05) is 18.2 Å². The maximum Gasteiger partial charge on any atom is 0.340 e. The molecule has 2 aliphatic rings. The SMILES string of the molecule is N[C@@H](CC(=O)O)C(=O)Nc1ccc2c(c1)Oc1cc(NC(=O)[C@@H](N)CC(=O)O)ccc1C21OC(=O)c2ccccc21. The number of nitrogens with one attached hydrogen (secondary N) is 2. The third kappa shape index (κ3) is 4.95. The first-order valence-electron chi connectivity index (χ1n) is 12.4. The third-order valence-electron chi connectivity index (χ3n) is 6.71. The predicted octanol–water partition coefficient (Wildman–Crippen LogP) is 1.74. The summed E-state index contributed by atoms with van der Waals surface area (Å²) < 4.78 is 12.2. The van der Waals surface area contributed by atoms with Crippen molar-refractivity contribution in [2.24, 2.45) is 11.5 Å². The molecule has 0 bridgehead atoms. The van der Waals surface area contributed by atoms with E-state index in [0.29, 0.717) is 22.3 Å². The highest BCUT2D eigenvalue weighted by molar-refractivity contribution is 5.99. The zero-order valence-corrected chi connectivity index (χ0v) is 21.2. The second kappa shape index (κ2) is 10.4. The predicted molar refractivity (Wildman–Crippen MR) is 142 cm³/mol. The fraction of sp³-hybridized carbons (Fsp3) is 0.179. The van der Waals surface area contributed by atoms with E-state index in [9.17, 15) is 24.0 Å². The number of ether oxygens (including phenoxy) is 2. The molecule has 2 aliphatic heterocycles. The Balaban J connectivity index is 1.56. The molecule has 41 heavy (non-hydrogen) atoms. The Morgan fingerprint density at radius 3 is 1.73 bits per heavy atom. The molecular formula is C28H24N4O9. The number of aliphatic carboxylic acids is 2. The van der Waals surface area contributed by atoms with Crippen LogP contribution in [0.15, 0.2) is 60.7 Å². The van der Waals surface area contributed by atoms with Crippen molar-refractivity contribution in [3.8, 4) is 11.5 Å². The van der Waals surface area contributed by atoms with Crippen LogP contribution in [-0.4, -0.2) is 52.0 Å². The monoisotopic (exact) mass is 560 g/mol. The van der Waals surface area contributed by atoms with Crippen molar-refractivity contribution in [2.45, 2.75) is 30.5 Å². The fourth-order valence-electron chi connectivity index (χ4n) is 4.86. The molecule has 0 saturated heterocycles. The lowest BCUT2D eigenvalue weighted by atomic mass is 9.77. The molecule has 2 heterocycles. The van der Waals surface area contributed by atoms with E-state index in [-0.39, 0.29) is 22.9 Å². The van der Waals surface area contributed by atoms with E-state index in [2.05, 4.69) is 10.6 Å². The molecular weight excluding hydrogens is 536 g/mol. The van der Waals surface area contributed by atoms with E-state index in [0.717, 1.165) is 0 Å². The van der Waals surface area contributed by atoms with Crippen LogP contribution in [0.25, 0.3) is 0 Å². The van der Waals surface area contributed by atoms with Crippen molar-refractivity contribution in [1.82, 2.24) is 0 Å². The summed E-state index contributed by atoms with van der Waals surface area (Å²) in [7, 11) is 0. The number of carboxylic acid groups (broad SMARTS) is 2. The number of carbonyl (C=O) groups excluding carboxylic acids is 3.